The first-order valence-corrected chi connectivity index (χ1v) is 6.75. The number of likely N-dealkylation sites (N-methyl/N-ethyl adjacent to an activating group) is 2. The molecule has 104 valence electrons. The predicted octanol–water partition coefficient (Wildman–Crippen LogP) is 2.30. The molecule has 0 aromatic heterocycles. The van der Waals surface area contributed by atoms with Crippen molar-refractivity contribution in [1.29, 1.82) is 0 Å². The standard InChI is InChI=1S/C14H18ClFN2O/c1-17-6-3-7-18(2)13(9-17)14(19)11-5-4-10(15)8-12(11)16/h4-5,8,13H,3,6-7,9H2,1-2H3. The Morgan fingerprint density at radius 3 is 2.79 bits per heavy atom. The summed E-state index contributed by atoms with van der Waals surface area (Å²) < 4.78 is 13.8. The molecule has 0 amide bonds. The van der Waals surface area contributed by atoms with Crippen LogP contribution in [-0.4, -0.2) is 55.4 Å². The van der Waals surface area contributed by atoms with Crippen LogP contribution >= 0.6 is 11.6 Å². The summed E-state index contributed by atoms with van der Waals surface area (Å²) in [6, 6.07) is 3.91. The summed E-state index contributed by atoms with van der Waals surface area (Å²) in [7, 11) is 3.90. The fourth-order valence-electron chi connectivity index (χ4n) is 2.42. The number of rotatable bonds is 2. The molecule has 2 rings (SSSR count). The molecule has 0 spiro atoms. The van der Waals surface area contributed by atoms with E-state index in [1.165, 1.54) is 12.1 Å². The van der Waals surface area contributed by atoms with Gasteiger partial charge in [-0.3, -0.25) is 9.69 Å². The lowest BCUT2D eigenvalue weighted by molar-refractivity contribution is 0.0835. The van der Waals surface area contributed by atoms with Crippen LogP contribution in [0.2, 0.25) is 5.02 Å². The molecule has 0 aliphatic carbocycles. The maximum Gasteiger partial charge on any atom is 0.184 e. The Morgan fingerprint density at radius 1 is 1.37 bits per heavy atom. The summed E-state index contributed by atoms with van der Waals surface area (Å²) in [5.41, 5.74) is 0.122. The minimum Gasteiger partial charge on any atom is -0.304 e. The van der Waals surface area contributed by atoms with Gasteiger partial charge in [-0.1, -0.05) is 11.6 Å². The molecule has 19 heavy (non-hydrogen) atoms. The van der Waals surface area contributed by atoms with E-state index in [1.54, 1.807) is 6.07 Å². The number of hydrogen-bond acceptors (Lipinski definition) is 3. The van der Waals surface area contributed by atoms with Crippen molar-refractivity contribution in [3.63, 3.8) is 0 Å². The Labute approximate surface area is 117 Å². The molecule has 3 nitrogen and oxygen atoms in total. The number of benzene rings is 1. The van der Waals surface area contributed by atoms with E-state index in [2.05, 4.69) is 4.90 Å². The average molecular weight is 285 g/mol. The highest BCUT2D eigenvalue weighted by molar-refractivity contribution is 6.30. The Balaban J connectivity index is 2.26. The molecule has 1 atom stereocenters. The first-order valence-electron chi connectivity index (χ1n) is 6.37. The highest BCUT2D eigenvalue weighted by atomic mass is 35.5. The Morgan fingerprint density at radius 2 is 2.11 bits per heavy atom. The van der Waals surface area contributed by atoms with Gasteiger partial charge in [0.2, 0.25) is 0 Å². The second-order valence-electron chi connectivity index (χ2n) is 5.10. The zero-order valence-electron chi connectivity index (χ0n) is 11.2. The van der Waals surface area contributed by atoms with Crippen LogP contribution in [0.15, 0.2) is 18.2 Å². The van der Waals surface area contributed by atoms with E-state index in [0.717, 1.165) is 19.5 Å². The van der Waals surface area contributed by atoms with Crippen molar-refractivity contribution < 1.29 is 9.18 Å². The van der Waals surface area contributed by atoms with Crippen LogP contribution < -0.4 is 0 Å². The Hall–Kier alpha value is -0.970. The second kappa shape index (κ2) is 5.99. The van der Waals surface area contributed by atoms with Crippen LogP contribution in [0.1, 0.15) is 16.8 Å². The zero-order chi connectivity index (χ0) is 14.0. The molecule has 1 aromatic rings. The quantitative estimate of drug-likeness (QED) is 0.779. The van der Waals surface area contributed by atoms with Crippen molar-refractivity contribution in [2.24, 2.45) is 0 Å². The topological polar surface area (TPSA) is 23.6 Å². The number of carbonyl (C=O) groups excluding carboxylic acids is 1. The fourth-order valence-corrected chi connectivity index (χ4v) is 2.58. The van der Waals surface area contributed by atoms with E-state index in [4.69, 9.17) is 11.6 Å². The van der Waals surface area contributed by atoms with Gasteiger partial charge in [-0.05, 0) is 51.8 Å². The maximum absolute atomic E-state index is 13.8. The molecule has 1 aliphatic heterocycles. The lowest BCUT2D eigenvalue weighted by atomic mass is 10.0. The average Bonchev–Trinajstić information content (AvgIpc) is 2.50. The summed E-state index contributed by atoms with van der Waals surface area (Å²) in [5, 5.41) is 0.306. The maximum atomic E-state index is 13.8. The highest BCUT2D eigenvalue weighted by Gasteiger charge is 2.29. The van der Waals surface area contributed by atoms with Crippen molar-refractivity contribution in [2.75, 3.05) is 33.7 Å². The summed E-state index contributed by atoms with van der Waals surface area (Å²) in [6.07, 6.45) is 1.01. The molecule has 0 N–H and O–H groups in total. The van der Waals surface area contributed by atoms with Crippen molar-refractivity contribution in [2.45, 2.75) is 12.5 Å². The van der Waals surface area contributed by atoms with Gasteiger partial charge in [0.25, 0.3) is 0 Å². The van der Waals surface area contributed by atoms with E-state index < -0.39 is 5.82 Å². The van der Waals surface area contributed by atoms with Gasteiger partial charge in [0.1, 0.15) is 5.82 Å². The molecular formula is C14H18ClFN2O. The van der Waals surface area contributed by atoms with Gasteiger partial charge in [0.15, 0.2) is 5.78 Å². The number of Topliss-reactive ketones (excluding diaryl/α,β-unsaturated/α-hetero) is 1. The molecule has 0 saturated carbocycles. The van der Waals surface area contributed by atoms with Crippen molar-refractivity contribution >= 4 is 17.4 Å². The third-order valence-electron chi connectivity index (χ3n) is 3.57. The fraction of sp³-hybridized carbons (Fsp3) is 0.500. The molecule has 0 bridgehead atoms. The molecule has 1 aromatic carbocycles. The van der Waals surface area contributed by atoms with E-state index in [9.17, 15) is 9.18 Å². The molecular weight excluding hydrogens is 267 g/mol. The third kappa shape index (κ3) is 3.32. The van der Waals surface area contributed by atoms with Crippen molar-refractivity contribution in [3.05, 3.63) is 34.6 Å². The van der Waals surface area contributed by atoms with Gasteiger partial charge in [-0.2, -0.15) is 0 Å². The predicted molar refractivity (Wildman–Crippen MR) is 74.3 cm³/mol. The molecule has 5 heteroatoms. The molecule has 1 unspecified atom stereocenters. The normalized spacial score (nSPS) is 22.2. The van der Waals surface area contributed by atoms with Crippen molar-refractivity contribution in [3.8, 4) is 0 Å². The molecule has 1 saturated heterocycles. The van der Waals surface area contributed by atoms with Gasteiger partial charge < -0.3 is 4.90 Å². The number of halogens is 2. The third-order valence-corrected chi connectivity index (χ3v) is 3.80. The van der Waals surface area contributed by atoms with Crippen LogP contribution in [0, 0.1) is 5.82 Å². The van der Waals surface area contributed by atoms with Crippen molar-refractivity contribution in [1.82, 2.24) is 9.80 Å². The smallest absolute Gasteiger partial charge is 0.184 e. The summed E-state index contributed by atoms with van der Waals surface area (Å²) in [4.78, 5) is 16.6. The minimum atomic E-state index is -0.544. The lowest BCUT2D eigenvalue weighted by Gasteiger charge is -2.26. The lowest BCUT2D eigenvalue weighted by Crippen LogP contribution is -2.44. The number of ketones is 1. The van der Waals surface area contributed by atoms with Gasteiger partial charge in [0.05, 0.1) is 11.6 Å². The van der Waals surface area contributed by atoms with Gasteiger partial charge in [-0.25, -0.2) is 4.39 Å². The van der Waals surface area contributed by atoms with Gasteiger partial charge >= 0.3 is 0 Å². The minimum absolute atomic E-state index is 0.122. The van der Waals surface area contributed by atoms with E-state index >= 15 is 0 Å². The molecule has 1 aliphatic rings. The summed E-state index contributed by atoms with van der Waals surface area (Å²) in [5.74, 6) is -0.719. The van der Waals surface area contributed by atoms with Crippen LogP contribution in [0.25, 0.3) is 0 Å². The first-order chi connectivity index (χ1) is 8.99. The summed E-state index contributed by atoms with van der Waals surface area (Å²) in [6.45, 7) is 2.42. The molecule has 1 fully saturated rings. The SMILES string of the molecule is CN1CCCN(C)C(C(=O)c2ccc(Cl)cc2F)C1. The second-order valence-corrected chi connectivity index (χ2v) is 5.54. The van der Waals surface area contributed by atoms with Crippen LogP contribution in [0.4, 0.5) is 4.39 Å². The van der Waals surface area contributed by atoms with Crippen LogP contribution in [0.3, 0.4) is 0 Å². The van der Waals surface area contributed by atoms with Crippen LogP contribution in [-0.2, 0) is 0 Å². The largest absolute Gasteiger partial charge is 0.304 e. The number of carbonyl (C=O) groups is 1. The first kappa shape index (κ1) is 14.4. The highest BCUT2D eigenvalue weighted by Crippen LogP contribution is 2.19. The van der Waals surface area contributed by atoms with E-state index in [1.807, 2.05) is 19.0 Å². The number of hydrogen-bond donors (Lipinski definition) is 0. The van der Waals surface area contributed by atoms with Gasteiger partial charge in [0, 0.05) is 11.6 Å². The molecule has 0 radical (unpaired) electrons. The monoisotopic (exact) mass is 284 g/mol. The molecule has 1 heterocycles. The summed E-state index contributed by atoms with van der Waals surface area (Å²) >= 11 is 5.72. The Kier molecular flexibility index (Phi) is 4.55. The van der Waals surface area contributed by atoms with Crippen LogP contribution in [0.5, 0.6) is 0 Å². The van der Waals surface area contributed by atoms with E-state index in [-0.39, 0.29) is 17.4 Å². The number of nitrogens with zero attached hydrogens (tertiary/aromatic N) is 2. The zero-order valence-corrected chi connectivity index (χ0v) is 12.0. The van der Waals surface area contributed by atoms with E-state index in [0.29, 0.717) is 11.6 Å². The Bertz CT molecular complexity index is 481. The van der Waals surface area contributed by atoms with Gasteiger partial charge in [-0.15, -0.1) is 0 Å².